The summed E-state index contributed by atoms with van der Waals surface area (Å²) in [5, 5.41) is 3.34. The largest absolute Gasteiger partial charge is 0.318 e. The molecule has 1 aliphatic carbocycles. The molecule has 0 aromatic heterocycles. The van der Waals surface area contributed by atoms with Gasteiger partial charge in [-0.25, -0.2) is 0 Å². The average Bonchev–Trinajstić information content (AvgIpc) is 2.36. The van der Waals surface area contributed by atoms with Gasteiger partial charge in [-0.2, -0.15) is 0 Å². The molecule has 0 aromatic carbocycles. The van der Waals surface area contributed by atoms with Crippen molar-refractivity contribution in [1.82, 2.24) is 15.1 Å². The van der Waals surface area contributed by atoms with Gasteiger partial charge in [0.15, 0.2) is 0 Å². The van der Waals surface area contributed by atoms with Gasteiger partial charge in [0.2, 0.25) is 0 Å². The summed E-state index contributed by atoms with van der Waals surface area (Å²) in [7, 11) is 4.35. The van der Waals surface area contributed by atoms with Crippen LogP contribution in [-0.2, 0) is 0 Å². The van der Waals surface area contributed by atoms with E-state index in [4.69, 9.17) is 0 Å². The summed E-state index contributed by atoms with van der Waals surface area (Å²) in [6.07, 6.45) is 7.22. The van der Waals surface area contributed by atoms with Crippen molar-refractivity contribution in [3.63, 3.8) is 0 Å². The standard InChI is InChI=1S/C14H29N3/c1-12-10-17(13-7-5-4-6-8-13)11-14(9-15-2)16(12)3/h12-15H,4-11H2,1-3H3. The van der Waals surface area contributed by atoms with E-state index < -0.39 is 0 Å². The van der Waals surface area contributed by atoms with Crippen molar-refractivity contribution in [2.24, 2.45) is 0 Å². The molecule has 2 rings (SSSR count). The maximum absolute atomic E-state index is 3.34. The highest BCUT2D eigenvalue weighted by atomic mass is 15.3. The van der Waals surface area contributed by atoms with Crippen molar-refractivity contribution < 1.29 is 0 Å². The van der Waals surface area contributed by atoms with Crippen LogP contribution in [-0.4, -0.2) is 61.7 Å². The number of hydrogen-bond donors (Lipinski definition) is 1. The molecule has 100 valence electrons. The van der Waals surface area contributed by atoms with E-state index in [-0.39, 0.29) is 0 Å². The third-order valence-corrected chi connectivity index (χ3v) is 4.75. The maximum atomic E-state index is 3.34. The summed E-state index contributed by atoms with van der Waals surface area (Å²) >= 11 is 0. The quantitative estimate of drug-likeness (QED) is 0.806. The fourth-order valence-corrected chi connectivity index (χ4v) is 3.49. The normalized spacial score (nSPS) is 34.1. The van der Waals surface area contributed by atoms with Gasteiger partial charge < -0.3 is 5.32 Å². The molecule has 17 heavy (non-hydrogen) atoms. The van der Waals surface area contributed by atoms with Crippen molar-refractivity contribution in [2.75, 3.05) is 33.7 Å². The van der Waals surface area contributed by atoms with Crippen LogP contribution in [0, 0.1) is 0 Å². The molecule has 3 nitrogen and oxygen atoms in total. The van der Waals surface area contributed by atoms with Crippen LogP contribution in [0.25, 0.3) is 0 Å². The van der Waals surface area contributed by atoms with Crippen LogP contribution in [0.3, 0.4) is 0 Å². The van der Waals surface area contributed by atoms with Gasteiger partial charge in [-0.1, -0.05) is 19.3 Å². The van der Waals surface area contributed by atoms with Crippen molar-refractivity contribution in [3.05, 3.63) is 0 Å². The van der Waals surface area contributed by atoms with Gasteiger partial charge in [-0.05, 0) is 33.9 Å². The van der Waals surface area contributed by atoms with Gasteiger partial charge in [-0.15, -0.1) is 0 Å². The van der Waals surface area contributed by atoms with E-state index in [9.17, 15) is 0 Å². The van der Waals surface area contributed by atoms with Crippen molar-refractivity contribution in [1.29, 1.82) is 0 Å². The van der Waals surface area contributed by atoms with Gasteiger partial charge >= 0.3 is 0 Å². The fraction of sp³-hybridized carbons (Fsp3) is 1.00. The second-order valence-electron chi connectivity index (χ2n) is 5.97. The molecule has 0 bridgehead atoms. The molecule has 2 unspecified atom stereocenters. The highest BCUT2D eigenvalue weighted by Crippen LogP contribution is 2.25. The van der Waals surface area contributed by atoms with Crippen LogP contribution in [0.15, 0.2) is 0 Å². The molecular formula is C14H29N3. The highest BCUT2D eigenvalue weighted by molar-refractivity contribution is 4.90. The van der Waals surface area contributed by atoms with E-state index in [1.165, 1.54) is 45.2 Å². The molecule has 1 N–H and O–H groups in total. The minimum absolute atomic E-state index is 0.686. The topological polar surface area (TPSA) is 18.5 Å². The SMILES string of the molecule is CNCC1CN(C2CCCCC2)CC(C)N1C. The third-order valence-electron chi connectivity index (χ3n) is 4.75. The second-order valence-corrected chi connectivity index (χ2v) is 5.97. The Labute approximate surface area is 107 Å². The number of nitrogens with one attached hydrogen (secondary N) is 1. The van der Waals surface area contributed by atoms with E-state index in [0.29, 0.717) is 12.1 Å². The fourth-order valence-electron chi connectivity index (χ4n) is 3.49. The van der Waals surface area contributed by atoms with E-state index >= 15 is 0 Å². The lowest BCUT2D eigenvalue weighted by Crippen LogP contribution is -2.60. The highest BCUT2D eigenvalue weighted by Gasteiger charge is 2.32. The second kappa shape index (κ2) is 6.17. The van der Waals surface area contributed by atoms with Crippen molar-refractivity contribution in [3.8, 4) is 0 Å². The predicted octanol–water partition coefficient (Wildman–Crippen LogP) is 1.54. The minimum atomic E-state index is 0.686. The molecular weight excluding hydrogens is 210 g/mol. The molecule has 0 radical (unpaired) electrons. The van der Waals surface area contributed by atoms with Gasteiger partial charge in [0.05, 0.1) is 0 Å². The Hall–Kier alpha value is -0.120. The van der Waals surface area contributed by atoms with E-state index in [1.54, 1.807) is 0 Å². The van der Waals surface area contributed by atoms with Gasteiger partial charge in [-0.3, -0.25) is 9.80 Å². The molecule has 1 saturated heterocycles. The summed E-state index contributed by atoms with van der Waals surface area (Å²) in [4.78, 5) is 5.32. The maximum Gasteiger partial charge on any atom is 0.0348 e. The molecule has 2 aliphatic rings. The van der Waals surface area contributed by atoms with Gasteiger partial charge in [0, 0.05) is 37.8 Å². The zero-order chi connectivity index (χ0) is 12.3. The Morgan fingerprint density at radius 2 is 1.82 bits per heavy atom. The molecule has 0 spiro atoms. The van der Waals surface area contributed by atoms with E-state index in [0.717, 1.165) is 12.6 Å². The molecule has 3 heteroatoms. The molecule has 2 fully saturated rings. The minimum Gasteiger partial charge on any atom is -0.318 e. The molecule has 0 aromatic rings. The zero-order valence-corrected chi connectivity index (χ0v) is 11.8. The Morgan fingerprint density at radius 1 is 1.12 bits per heavy atom. The number of likely N-dealkylation sites (N-methyl/N-ethyl adjacent to an activating group) is 2. The van der Waals surface area contributed by atoms with Gasteiger partial charge in [0.1, 0.15) is 0 Å². The number of rotatable bonds is 3. The van der Waals surface area contributed by atoms with Crippen molar-refractivity contribution in [2.45, 2.75) is 57.2 Å². The zero-order valence-electron chi connectivity index (χ0n) is 11.8. The number of nitrogens with zero attached hydrogens (tertiary/aromatic N) is 2. The first kappa shape index (κ1) is 13.3. The first-order valence-corrected chi connectivity index (χ1v) is 7.33. The third kappa shape index (κ3) is 3.21. The van der Waals surface area contributed by atoms with Crippen LogP contribution in [0.4, 0.5) is 0 Å². The Kier molecular flexibility index (Phi) is 4.83. The lowest BCUT2D eigenvalue weighted by Gasteiger charge is -2.47. The Morgan fingerprint density at radius 3 is 2.47 bits per heavy atom. The Bertz CT molecular complexity index is 226. The first-order valence-electron chi connectivity index (χ1n) is 7.33. The summed E-state index contributed by atoms with van der Waals surface area (Å²) in [6.45, 7) is 6.01. The molecule has 1 heterocycles. The summed E-state index contributed by atoms with van der Waals surface area (Å²) in [5.74, 6) is 0. The van der Waals surface area contributed by atoms with Crippen LogP contribution in [0.2, 0.25) is 0 Å². The van der Waals surface area contributed by atoms with Crippen LogP contribution in [0.5, 0.6) is 0 Å². The summed E-state index contributed by atoms with van der Waals surface area (Å²) in [5.41, 5.74) is 0. The lowest BCUT2D eigenvalue weighted by molar-refractivity contribution is 0.0175. The first-order chi connectivity index (χ1) is 8.22. The smallest absolute Gasteiger partial charge is 0.0348 e. The predicted molar refractivity (Wildman–Crippen MR) is 73.4 cm³/mol. The number of hydrogen-bond acceptors (Lipinski definition) is 3. The van der Waals surface area contributed by atoms with Crippen LogP contribution >= 0.6 is 0 Å². The molecule has 2 atom stereocenters. The molecule has 0 amide bonds. The monoisotopic (exact) mass is 239 g/mol. The van der Waals surface area contributed by atoms with Crippen molar-refractivity contribution >= 4 is 0 Å². The van der Waals surface area contributed by atoms with Gasteiger partial charge in [0.25, 0.3) is 0 Å². The van der Waals surface area contributed by atoms with E-state index in [2.05, 4.69) is 36.1 Å². The van der Waals surface area contributed by atoms with Crippen LogP contribution in [0.1, 0.15) is 39.0 Å². The van der Waals surface area contributed by atoms with Crippen LogP contribution < -0.4 is 5.32 Å². The summed E-state index contributed by atoms with van der Waals surface area (Å²) in [6, 6.07) is 2.26. The van der Waals surface area contributed by atoms with E-state index in [1.807, 2.05) is 0 Å². The molecule has 1 saturated carbocycles. The number of piperazine rings is 1. The summed E-state index contributed by atoms with van der Waals surface area (Å²) < 4.78 is 0. The lowest BCUT2D eigenvalue weighted by atomic mass is 9.92. The Balaban J connectivity index is 1.94. The molecule has 1 aliphatic heterocycles. The average molecular weight is 239 g/mol.